The third-order valence-electron chi connectivity index (χ3n) is 5.34. The first-order valence-corrected chi connectivity index (χ1v) is 10.6. The number of hydrogen-bond donors (Lipinski definition) is 2. The highest BCUT2D eigenvalue weighted by Gasteiger charge is 2.17. The fourth-order valence-corrected chi connectivity index (χ4v) is 3.59. The second-order valence-corrected chi connectivity index (χ2v) is 7.49. The summed E-state index contributed by atoms with van der Waals surface area (Å²) in [6, 6.07) is 17.6. The number of benzene rings is 3. The van der Waals surface area contributed by atoms with Crippen molar-refractivity contribution in [2.75, 3.05) is 19.0 Å². The lowest BCUT2D eigenvalue weighted by molar-refractivity contribution is 0.0526. The molecule has 4 aromatic rings. The van der Waals surface area contributed by atoms with Gasteiger partial charge in [-0.1, -0.05) is 18.7 Å². The number of nitrogens with zero attached hydrogens (tertiary/aromatic N) is 2. The summed E-state index contributed by atoms with van der Waals surface area (Å²) in [5.74, 6) is -0.758. The smallest absolute Gasteiger partial charge is 0.338 e. The number of hydrogen-bond acceptors (Lipinski definition) is 5. The first-order chi connectivity index (χ1) is 16.0. The molecule has 33 heavy (non-hydrogen) atoms. The Kier molecular flexibility index (Phi) is 6.40. The van der Waals surface area contributed by atoms with Gasteiger partial charge in [0.25, 0.3) is 0 Å². The molecule has 0 spiro atoms. The number of anilines is 1. The van der Waals surface area contributed by atoms with Crippen molar-refractivity contribution in [3.63, 3.8) is 0 Å². The van der Waals surface area contributed by atoms with Crippen LogP contribution in [0.25, 0.3) is 22.3 Å². The molecule has 0 saturated carbocycles. The predicted molar refractivity (Wildman–Crippen MR) is 129 cm³/mol. The van der Waals surface area contributed by atoms with E-state index in [-0.39, 0.29) is 12.4 Å². The number of carbonyl (C=O) groups is 1. The molecule has 0 atom stereocenters. The highest BCUT2D eigenvalue weighted by molar-refractivity contribution is 5.99. The summed E-state index contributed by atoms with van der Waals surface area (Å²) >= 11 is 0. The zero-order valence-corrected chi connectivity index (χ0v) is 18.6. The van der Waals surface area contributed by atoms with E-state index in [2.05, 4.69) is 22.3 Å². The minimum atomic E-state index is -0.428. The van der Waals surface area contributed by atoms with Gasteiger partial charge in [-0.2, -0.15) is 5.10 Å². The lowest BCUT2D eigenvalue weighted by atomic mass is 10.0. The number of halogens is 1. The molecule has 168 valence electrons. The molecule has 4 rings (SSSR count). The molecule has 0 aliphatic carbocycles. The fourth-order valence-electron chi connectivity index (χ4n) is 3.59. The van der Waals surface area contributed by atoms with Crippen molar-refractivity contribution in [2.24, 2.45) is 0 Å². The maximum absolute atomic E-state index is 13.4. The Bertz CT molecular complexity index is 1290. The van der Waals surface area contributed by atoms with Gasteiger partial charge in [-0.25, -0.2) is 13.9 Å². The Morgan fingerprint density at radius 2 is 1.85 bits per heavy atom. The molecule has 0 bridgehead atoms. The van der Waals surface area contributed by atoms with Gasteiger partial charge in [0.2, 0.25) is 0 Å². The lowest BCUT2D eigenvalue weighted by Gasteiger charge is -2.14. The highest BCUT2D eigenvalue weighted by atomic mass is 19.1. The number of fused-ring (bicyclic) bond motifs is 1. The van der Waals surface area contributed by atoms with Crippen LogP contribution in [0.3, 0.4) is 0 Å². The molecular weight excluding hydrogens is 419 g/mol. The Hall–Kier alpha value is -4.13. The van der Waals surface area contributed by atoms with Gasteiger partial charge >= 0.3 is 5.97 Å². The van der Waals surface area contributed by atoms with E-state index in [9.17, 15) is 9.18 Å². The second-order valence-electron chi connectivity index (χ2n) is 7.49. The van der Waals surface area contributed by atoms with Crippen molar-refractivity contribution in [1.82, 2.24) is 15.1 Å². The van der Waals surface area contributed by atoms with Crippen molar-refractivity contribution in [3.8, 4) is 5.69 Å². The van der Waals surface area contributed by atoms with Crippen LogP contribution in [0, 0.1) is 5.82 Å². The van der Waals surface area contributed by atoms with Gasteiger partial charge < -0.3 is 15.4 Å². The molecule has 2 N–H and O–H groups in total. The minimum absolute atomic E-state index is 0.269. The molecule has 3 aromatic carbocycles. The van der Waals surface area contributed by atoms with E-state index >= 15 is 0 Å². The van der Waals surface area contributed by atoms with Gasteiger partial charge in [-0.05, 0) is 61.0 Å². The normalized spacial score (nSPS) is 10.8. The van der Waals surface area contributed by atoms with E-state index in [1.54, 1.807) is 42.1 Å². The first kappa shape index (κ1) is 22.1. The maximum atomic E-state index is 13.4. The topological polar surface area (TPSA) is 68.2 Å². The van der Waals surface area contributed by atoms with Crippen LogP contribution in [0.15, 0.2) is 73.4 Å². The number of rotatable bonds is 8. The van der Waals surface area contributed by atoms with E-state index in [4.69, 9.17) is 4.74 Å². The number of carbonyl (C=O) groups excluding carboxylic acids is 1. The molecule has 0 unspecified atom stereocenters. The van der Waals surface area contributed by atoms with Gasteiger partial charge in [0.15, 0.2) is 0 Å². The van der Waals surface area contributed by atoms with Gasteiger partial charge in [0.1, 0.15) is 5.82 Å². The summed E-state index contributed by atoms with van der Waals surface area (Å²) in [6.07, 6.45) is 1.72. The summed E-state index contributed by atoms with van der Waals surface area (Å²) < 4.78 is 20.3. The van der Waals surface area contributed by atoms with Gasteiger partial charge in [-0.3, -0.25) is 0 Å². The molecule has 0 saturated heterocycles. The predicted octanol–water partition coefficient (Wildman–Crippen LogP) is 5.14. The molecule has 1 aromatic heterocycles. The monoisotopic (exact) mass is 444 g/mol. The quantitative estimate of drug-likeness (QED) is 0.368. The summed E-state index contributed by atoms with van der Waals surface area (Å²) in [5.41, 5.74) is 5.30. The van der Waals surface area contributed by atoms with Crippen molar-refractivity contribution in [2.45, 2.75) is 13.5 Å². The standard InChI is InChI=1S/C26H25FN4O2/c1-4-33-26(32)19-13-23(17(2)29-15-18-5-9-21(28-3)10-6-18)24-16-30-31(25(24)14-19)22-11-7-20(27)8-12-22/h5-14,16,28-29H,2,4,15H2,1,3H3. The zero-order valence-electron chi connectivity index (χ0n) is 18.6. The third kappa shape index (κ3) is 4.72. The molecule has 0 amide bonds. The third-order valence-corrected chi connectivity index (χ3v) is 5.34. The largest absolute Gasteiger partial charge is 0.462 e. The molecule has 0 aliphatic heterocycles. The fraction of sp³-hybridized carbons (Fsp3) is 0.154. The van der Waals surface area contributed by atoms with Crippen molar-refractivity contribution < 1.29 is 13.9 Å². The van der Waals surface area contributed by atoms with Crippen LogP contribution >= 0.6 is 0 Å². The van der Waals surface area contributed by atoms with E-state index in [0.717, 1.165) is 22.2 Å². The zero-order chi connectivity index (χ0) is 23.4. The molecule has 0 fully saturated rings. The summed E-state index contributed by atoms with van der Waals surface area (Å²) in [5, 5.41) is 11.7. The van der Waals surface area contributed by atoms with Crippen LogP contribution in [0.5, 0.6) is 0 Å². The Balaban J connectivity index is 1.71. The summed E-state index contributed by atoms with van der Waals surface area (Å²) in [4.78, 5) is 12.6. The van der Waals surface area contributed by atoms with Crippen LogP contribution in [0.2, 0.25) is 0 Å². The molecule has 6 nitrogen and oxygen atoms in total. The maximum Gasteiger partial charge on any atom is 0.338 e. The number of aromatic nitrogens is 2. The van der Waals surface area contributed by atoms with Crippen molar-refractivity contribution in [3.05, 3.63) is 95.9 Å². The van der Waals surface area contributed by atoms with Crippen LogP contribution in [-0.2, 0) is 11.3 Å². The van der Waals surface area contributed by atoms with E-state index in [0.29, 0.717) is 29.0 Å². The second kappa shape index (κ2) is 9.56. The lowest BCUT2D eigenvalue weighted by Crippen LogP contribution is -2.12. The molecular formula is C26H25FN4O2. The summed E-state index contributed by atoms with van der Waals surface area (Å²) in [6.45, 7) is 6.80. The Morgan fingerprint density at radius 3 is 2.52 bits per heavy atom. The SMILES string of the molecule is C=C(NCc1ccc(NC)cc1)c1cc(C(=O)OCC)cc2c1cnn2-c1ccc(F)cc1. The van der Waals surface area contributed by atoms with Crippen LogP contribution in [0.4, 0.5) is 10.1 Å². The molecule has 0 radical (unpaired) electrons. The first-order valence-electron chi connectivity index (χ1n) is 10.6. The summed E-state index contributed by atoms with van der Waals surface area (Å²) in [7, 11) is 1.88. The number of ether oxygens (including phenoxy) is 1. The van der Waals surface area contributed by atoms with Crippen LogP contribution < -0.4 is 10.6 Å². The minimum Gasteiger partial charge on any atom is -0.462 e. The molecule has 7 heteroatoms. The van der Waals surface area contributed by atoms with Crippen molar-refractivity contribution in [1.29, 1.82) is 0 Å². The van der Waals surface area contributed by atoms with E-state index in [1.165, 1.54) is 12.1 Å². The van der Waals surface area contributed by atoms with E-state index in [1.807, 2.05) is 31.3 Å². The van der Waals surface area contributed by atoms with Gasteiger partial charge in [-0.15, -0.1) is 0 Å². The number of esters is 1. The van der Waals surface area contributed by atoms with Crippen LogP contribution in [0.1, 0.15) is 28.4 Å². The molecule has 1 heterocycles. The van der Waals surface area contributed by atoms with Crippen LogP contribution in [-0.4, -0.2) is 29.4 Å². The highest BCUT2D eigenvalue weighted by Crippen LogP contribution is 2.28. The van der Waals surface area contributed by atoms with Gasteiger partial charge in [0.05, 0.1) is 29.6 Å². The van der Waals surface area contributed by atoms with E-state index < -0.39 is 5.97 Å². The Labute approximate surface area is 191 Å². The number of nitrogens with one attached hydrogen (secondary N) is 2. The molecule has 0 aliphatic rings. The van der Waals surface area contributed by atoms with Crippen molar-refractivity contribution >= 4 is 28.3 Å². The Morgan fingerprint density at radius 1 is 1.12 bits per heavy atom. The van der Waals surface area contributed by atoms with Gasteiger partial charge in [0, 0.05) is 35.9 Å². The average molecular weight is 445 g/mol. The average Bonchev–Trinajstić information content (AvgIpc) is 3.27.